The standard InChI is InChI=1S/C54H80O20/c1-26(55)65-24-34-40(63)42(67-28(3)57)44(69-30(5)59)46(71-34)73-41-35(25-66-27(2)56)72-47(45(70-31(6)60)43(41)68-29(4)58)74-48(64)54-21-20-49(7,8)22-33(54)32-14-15-37-51(11)18-17-38(61)50(9,10)36(51)16-19-52(37,12)53(32,13)23-39(54)62/h14,33-47,61-63H,15-25H2,1-13H3/t33?,34-,35-,36?,37?,38-,39-,40+,41-,42-,43+,44-,45-,46+,47+,51-,52+,53+,54+/m0/s1. The Bertz CT molecular complexity index is 2220. The third-order valence-corrected chi connectivity index (χ3v) is 18.9. The third kappa shape index (κ3) is 10.4. The van der Waals surface area contributed by atoms with Crippen LogP contribution in [0.4, 0.5) is 0 Å². The molecule has 2 aliphatic heterocycles. The lowest BCUT2D eigenvalue weighted by molar-refractivity contribution is -0.358. The highest BCUT2D eigenvalue weighted by molar-refractivity contribution is 5.80. The SMILES string of the molecule is CC(=O)OC[C@@H]1O[C@H](O[C@@H]2[C@@H](OC(C)=O)[C@H](OC(C)=O)[C@@H](OC(=O)[C@]34CCC(C)(C)CC3C3=CCC5[C@@]6(C)CC[C@H](O)C(C)(C)C6CC[C@@]5(C)[C@]3(C)C[C@@H]4O)O[C@H]2COC(C)=O)[C@@H](OC(C)=O)[C@@H](OC(C)=O)[C@@H]1O. The van der Waals surface area contributed by atoms with Crippen LogP contribution in [-0.2, 0) is 80.9 Å². The van der Waals surface area contributed by atoms with Gasteiger partial charge in [-0.1, -0.05) is 60.1 Å². The van der Waals surface area contributed by atoms with Gasteiger partial charge in [0.1, 0.15) is 43.0 Å². The highest BCUT2D eigenvalue weighted by atomic mass is 16.8. The molecule has 0 radical (unpaired) electrons. The van der Waals surface area contributed by atoms with Crippen molar-refractivity contribution < 1.29 is 96.2 Å². The fourth-order valence-corrected chi connectivity index (χ4v) is 15.2. The summed E-state index contributed by atoms with van der Waals surface area (Å²) in [6, 6.07) is 0. The topological polar surface area (TPSA) is 272 Å². The number of rotatable bonds is 12. The molecular formula is C54H80O20. The number of allylic oxidation sites excluding steroid dienone is 2. The normalized spacial score (nSPS) is 42.9. The number of carbonyl (C=O) groups is 7. The molecule has 0 amide bonds. The number of hydrogen-bond donors (Lipinski definition) is 3. The zero-order valence-corrected chi connectivity index (χ0v) is 45.3. The van der Waals surface area contributed by atoms with Gasteiger partial charge in [0.25, 0.3) is 0 Å². The van der Waals surface area contributed by atoms with E-state index in [1.165, 1.54) is 0 Å². The first-order chi connectivity index (χ1) is 34.3. The first-order valence-corrected chi connectivity index (χ1v) is 26.2. The highest BCUT2D eigenvalue weighted by Gasteiger charge is 2.72. The van der Waals surface area contributed by atoms with Crippen molar-refractivity contribution in [3.05, 3.63) is 11.6 Å². The summed E-state index contributed by atoms with van der Waals surface area (Å²) in [5.74, 6) is -6.09. The van der Waals surface area contributed by atoms with Crippen molar-refractivity contribution >= 4 is 41.8 Å². The lowest BCUT2D eigenvalue weighted by atomic mass is 9.33. The minimum absolute atomic E-state index is 0.0842. The van der Waals surface area contributed by atoms with Gasteiger partial charge in [0.05, 0.1) is 12.2 Å². The molecule has 5 aliphatic carbocycles. The molecule has 74 heavy (non-hydrogen) atoms. The molecule has 3 N–H and O–H groups in total. The van der Waals surface area contributed by atoms with Gasteiger partial charge in [-0.25, -0.2) is 0 Å². The summed E-state index contributed by atoms with van der Waals surface area (Å²) in [6.45, 7) is 20.8. The molecule has 0 aromatic carbocycles. The molecule has 416 valence electrons. The predicted molar refractivity (Wildman–Crippen MR) is 256 cm³/mol. The van der Waals surface area contributed by atoms with Gasteiger partial charge < -0.3 is 62.7 Å². The molecule has 0 aromatic heterocycles. The maximum absolute atomic E-state index is 15.7. The van der Waals surface area contributed by atoms with E-state index < -0.39 is 145 Å². The first kappa shape index (κ1) is 57.5. The minimum Gasteiger partial charge on any atom is -0.463 e. The summed E-state index contributed by atoms with van der Waals surface area (Å²) >= 11 is 0. The van der Waals surface area contributed by atoms with E-state index in [1.54, 1.807) is 0 Å². The van der Waals surface area contributed by atoms with E-state index in [0.717, 1.165) is 72.8 Å². The van der Waals surface area contributed by atoms with E-state index in [0.29, 0.717) is 19.3 Å². The fourth-order valence-electron chi connectivity index (χ4n) is 15.2. The smallest absolute Gasteiger partial charge is 0.317 e. The number of carbonyl (C=O) groups excluding carboxylic acids is 7. The average Bonchev–Trinajstić information content (AvgIpc) is 3.27. The van der Waals surface area contributed by atoms with Gasteiger partial charge in [0.15, 0.2) is 24.6 Å². The molecule has 2 saturated heterocycles. The van der Waals surface area contributed by atoms with Crippen LogP contribution < -0.4 is 0 Å². The predicted octanol–water partition coefficient (Wildman–Crippen LogP) is 4.71. The average molecular weight is 1050 g/mol. The monoisotopic (exact) mass is 1050 g/mol. The maximum atomic E-state index is 15.7. The zero-order chi connectivity index (χ0) is 54.8. The van der Waals surface area contributed by atoms with Crippen molar-refractivity contribution in [2.75, 3.05) is 13.2 Å². The minimum atomic E-state index is -1.90. The second-order valence-corrected chi connectivity index (χ2v) is 24.3. The Morgan fingerprint density at radius 2 is 1.11 bits per heavy atom. The molecule has 0 aromatic rings. The van der Waals surface area contributed by atoms with Crippen LogP contribution in [0.2, 0.25) is 0 Å². The van der Waals surface area contributed by atoms with Crippen molar-refractivity contribution in [2.45, 2.75) is 221 Å². The van der Waals surface area contributed by atoms with E-state index in [-0.39, 0.29) is 46.3 Å². The highest BCUT2D eigenvalue weighted by Crippen LogP contribution is 2.76. The van der Waals surface area contributed by atoms with Crippen LogP contribution in [0.3, 0.4) is 0 Å². The molecule has 0 bridgehead atoms. The third-order valence-electron chi connectivity index (χ3n) is 18.9. The van der Waals surface area contributed by atoms with Crippen LogP contribution in [-0.4, -0.2) is 144 Å². The van der Waals surface area contributed by atoms with Crippen molar-refractivity contribution in [2.24, 2.45) is 50.2 Å². The molecule has 6 fully saturated rings. The van der Waals surface area contributed by atoms with E-state index in [4.69, 9.17) is 47.4 Å². The Morgan fingerprint density at radius 3 is 1.69 bits per heavy atom. The molecule has 2 heterocycles. The molecule has 19 atom stereocenters. The summed E-state index contributed by atoms with van der Waals surface area (Å²) in [4.78, 5) is 91.3. The number of aliphatic hydroxyl groups excluding tert-OH is 3. The second kappa shape index (κ2) is 21.0. The molecule has 20 nitrogen and oxygen atoms in total. The van der Waals surface area contributed by atoms with Gasteiger partial charge in [-0.2, -0.15) is 0 Å². The molecule has 3 unspecified atom stereocenters. The summed E-state index contributed by atoms with van der Waals surface area (Å²) in [6.07, 6.45) is -11.0. The number of esters is 7. The van der Waals surface area contributed by atoms with E-state index in [2.05, 4.69) is 54.5 Å². The van der Waals surface area contributed by atoms with Crippen LogP contribution in [0.1, 0.15) is 148 Å². The van der Waals surface area contributed by atoms with Crippen molar-refractivity contribution in [3.63, 3.8) is 0 Å². The van der Waals surface area contributed by atoms with E-state index in [1.807, 2.05) is 0 Å². The van der Waals surface area contributed by atoms with Gasteiger partial charge in [0, 0.05) is 41.5 Å². The van der Waals surface area contributed by atoms with Crippen molar-refractivity contribution in [1.29, 1.82) is 0 Å². The van der Waals surface area contributed by atoms with Crippen LogP contribution in [0, 0.1) is 50.2 Å². The van der Waals surface area contributed by atoms with Crippen LogP contribution in [0.25, 0.3) is 0 Å². The Morgan fingerprint density at radius 1 is 0.568 bits per heavy atom. The van der Waals surface area contributed by atoms with E-state index >= 15 is 4.79 Å². The molecule has 7 aliphatic rings. The largest absolute Gasteiger partial charge is 0.463 e. The van der Waals surface area contributed by atoms with Crippen molar-refractivity contribution in [3.8, 4) is 0 Å². The first-order valence-electron chi connectivity index (χ1n) is 26.2. The Kier molecular flexibility index (Phi) is 16.3. The van der Waals surface area contributed by atoms with E-state index in [9.17, 15) is 44.1 Å². The summed E-state index contributed by atoms with van der Waals surface area (Å²) < 4.78 is 58.6. The summed E-state index contributed by atoms with van der Waals surface area (Å²) in [7, 11) is 0. The molecule has 4 saturated carbocycles. The van der Waals surface area contributed by atoms with Gasteiger partial charge >= 0.3 is 41.8 Å². The summed E-state index contributed by atoms with van der Waals surface area (Å²) in [5.41, 5.74) is -1.87. The number of aliphatic hydroxyl groups is 3. The second-order valence-electron chi connectivity index (χ2n) is 24.3. The van der Waals surface area contributed by atoms with Crippen molar-refractivity contribution in [1.82, 2.24) is 0 Å². The molecule has 20 heteroatoms. The van der Waals surface area contributed by atoms with Gasteiger partial charge in [-0.15, -0.1) is 0 Å². The fraction of sp³-hybridized carbons (Fsp3) is 0.833. The molecule has 7 rings (SSSR count). The number of ether oxygens (including phenoxy) is 10. The number of fused-ring (bicyclic) bond motifs is 7. The lowest BCUT2D eigenvalue weighted by Crippen LogP contribution is -2.69. The Labute approximate surface area is 433 Å². The Hall–Kier alpha value is -4.21. The zero-order valence-electron chi connectivity index (χ0n) is 45.3. The van der Waals surface area contributed by atoms with Gasteiger partial charge in [0.2, 0.25) is 12.4 Å². The van der Waals surface area contributed by atoms with Crippen LogP contribution in [0.5, 0.6) is 0 Å². The quantitative estimate of drug-likeness (QED) is 0.136. The summed E-state index contributed by atoms with van der Waals surface area (Å²) in [5, 5.41) is 35.6. The van der Waals surface area contributed by atoms with Crippen LogP contribution >= 0.6 is 0 Å². The lowest BCUT2D eigenvalue weighted by Gasteiger charge is -2.71. The maximum Gasteiger partial charge on any atom is 0.317 e. The number of hydrogen-bond acceptors (Lipinski definition) is 20. The molecular weight excluding hydrogens is 969 g/mol. The van der Waals surface area contributed by atoms with Crippen LogP contribution in [0.15, 0.2) is 11.6 Å². The molecule has 0 spiro atoms. The Balaban J connectivity index is 1.28. The van der Waals surface area contributed by atoms with Gasteiger partial charge in [-0.3, -0.25) is 33.6 Å². The van der Waals surface area contributed by atoms with Gasteiger partial charge in [-0.05, 0) is 103 Å².